The Balaban J connectivity index is 2.38. The summed E-state index contributed by atoms with van der Waals surface area (Å²) in [6.07, 6.45) is 2.85. The Morgan fingerprint density at radius 2 is 1.80 bits per heavy atom. The van der Waals surface area contributed by atoms with Crippen LogP contribution in [0.15, 0.2) is 24.3 Å². The van der Waals surface area contributed by atoms with E-state index in [1.807, 2.05) is 6.07 Å². The standard InChI is InChI=1S/C14H13I3O7S/c15-9-7-10(13(17)11(16)8-9)14(19)24-4-2-1-3-12(18)23-5-6-25(20,21)22/h1-2,7-8H,3-6H2,(H,20,21,22)/b2-1-. The SMILES string of the molecule is O=C(C/C=C\COC(=O)c1cc(I)cc(I)c1I)OCCS(=O)(=O)O. The molecule has 1 aromatic carbocycles. The average Bonchev–Trinajstić information content (AvgIpc) is 2.49. The molecular formula is C14H13I3O7S. The van der Waals surface area contributed by atoms with E-state index in [2.05, 4.69) is 72.5 Å². The number of esters is 2. The van der Waals surface area contributed by atoms with Gasteiger partial charge in [-0.15, -0.1) is 0 Å². The molecule has 0 saturated heterocycles. The highest BCUT2D eigenvalue weighted by atomic mass is 127. The quantitative estimate of drug-likeness (QED) is 0.146. The molecule has 0 fully saturated rings. The first-order valence-corrected chi connectivity index (χ1v) is 11.5. The van der Waals surface area contributed by atoms with Crippen molar-refractivity contribution in [2.75, 3.05) is 19.0 Å². The molecule has 0 amide bonds. The fraction of sp³-hybridized carbons (Fsp3) is 0.286. The molecule has 0 aliphatic rings. The van der Waals surface area contributed by atoms with E-state index in [4.69, 9.17) is 9.29 Å². The average molecular weight is 706 g/mol. The number of carbonyl (C=O) groups is 2. The van der Waals surface area contributed by atoms with E-state index in [-0.39, 0.29) is 13.0 Å². The van der Waals surface area contributed by atoms with Crippen molar-refractivity contribution in [3.05, 3.63) is 40.6 Å². The Bertz CT molecular complexity index is 775. The molecule has 1 N–H and O–H groups in total. The van der Waals surface area contributed by atoms with E-state index in [0.717, 1.165) is 10.7 Å². The number of halogens is 3. The van der Waals surface area contributed by atoms with E-state index >= 15 is 0 Å². The van der Waals surface area contributed by atoms with Gasteiger partial charge in [-0.3, -0.25) is 9.35 Å². The van der Waals surface area contributed by atoms with Crippen LogP contribution in [0.3, 0.4) is 0 Å². The van der Waals surface area contributed by atoms with Crippen LogP contribution in [0.5, 0.6) is 0 Å². The fourth-order valence-electron chi connectivity index (χ4n) is 1.47. The molecule has 25 heavy (non-hydrogen) atoms. The maximum absolute atomic E-state index is 12.1. The normalized spacial score (nSPS) is 11.5. The second kappa shape index (κ2) is 11.0. The van der Waals surface area contributed by atoms with Crippen LogP contribution in [0.4, 0.5) is 0 Å². The monoisotopic (exact) mass is 706 g/mol. The van der Waals surface area contributed by atoms with Crippen molar-refractivity contribution in [2.24, 2.45) is 0 Å². The Morgan fingerprint density at radius 1 is 1.12 bits per heavy atom. The van der Waals surface area contributed by atoms with Crippen LogP contribution in [-0.4, -0.2) is 43.9 Å². The first-order chi connectivity index (χ1) is 11.6. The predicted octanol–water partition coefficient (Wildman–Crippen LogP) is 3.03. The summed E-state index contributed by atoms with van der Waals surface area (Å²) < 4.78 is 41.9. The van der Waals surface area contributed by atoms with Gasteiger partial charge in [0.2, 0.25) is 0 Å². The third kappa shape index (κ3) is 9.48. The summed E-state index contributed by atoms with van der Waals surface area (Å²) in [5.41, 5.74) is 0.481. The minimum atomic E-state index is -4.15. The smallest absolute Gasteiger partial charge is 0.339 e. The van der Waals surface area contributed by atoms with Crippen LogP contribution < -0.4 is 0 Å². The summed E-state index contributed by atoms with van der Waals surface area (Å²) in [6, 6.07) is 3.69. The van der Waals surface area contributed by atoms with Gasteiger partial charge >= 0.3 is 11.9 Å². The van der Waals surface area contributed by atoms with E-state index in [9.17, 15) is 18.0 Å². The van der Waals surface area contributed by atoms with Gasteiger partial charge in [-0.05, 0) is 79.9 Å². The van der Waals surface area contributed by atoms with Crippen molar-refractivity contribution in [2.45, 2.75) is 6.42 Å². The van der Waals surface area contributed by atoms with Gasteiger partial charge in [-0.1, -0.05) is 12.2 Å². The van der Waals surface area contributed by atoms with Gasteiger partial charge in [0.25, 0.3) is 10.1 Å². The Hall–Kier alpha value is 0.0000000000000000902. The minimum Gasteiger partial charge on any atom is -0.464 e. The van der Waals surface area contributed by atoms with E-state index in [0.29, 0.717) is 5.56 Å². The van der Waals surface area contributed by atoms with Crippen molar-refractivity contribution in [3.8, 4) is 0 Å². The van der Waals surface area contributed by atoms with Crippen LogP contribution in [0, 0.1) is 10.7 Å². The first-order valence-electron chi connectivity index (χ1n) is 6.67. The number of rotatable bonds is 8. The van der Waals surface area contributed by atoms with Gasteiger partial charge in [0.1, 0.15) is 19.0 Å². The lowest BCUT2D eigenvalue weighted by Gasteiger charge is -2.07. The minimum absolute atomic E-state index is 0.00470. The number of carbonyl (C=O) groups excluding carboxylic acids is 2. The molecule has 0 heterocycles. The Kier molecular flexibility index (Phi) is 10.1. The van der Waals surface area contributed by atoms with Crippen molar-refractivity contribution in [1.82, 2.24) is 0 Å². The largest absolute Gasteiger partial charge is 0.464 e. The number of hydrogen-bond acceptors (Lipinski definition) is 6. The highest BCUT2D eigenvalue weighted by molar-refractivity contribution is 14.1. The zero-order chi connectivity index (χ0) is 19.0. The lowest BCUT2D eigenvalue weighted by atomic mass is 10.2. The Morgan fingerprint density at radius 3 is 2.44 bits per heavy atom. The predicted molar refractivity (Wildman–Crippen MR) is 116 cm³/mol. The lowest BCUT2D eigenvalue weighted by Crippen LogP contribution is -2.14. The van der Waals surface area contributed by atoms with Crippen LogP contribution in [-0.2, 0) is 24.4 Å². The summed E-state index contributed by atoms with van der Waals surface area (Å²) in [5, 5.41) is 0. The van der Waals surface area contributed by atoms with Crippen LogP contribution in [0.2, 0.25) is 0 Å². The van der Waals surface area contributed by atoms with Crippen LogP contribution >= 0.6 is 67.8 Å². The van der Waals surface area contributed by atoms with Crippen molar-refractivity contribution >= 4 is 89.8 Å². The second-order valence-electron chi connectivity index (χ2n) is 4.53. The number of hydrogen-bond donors (Lipinski definition) is 1. The second-order valence-corrected chi connectivity index (χ2v) is 9.59. The highest BCUT2D eigenvalue weighted by Crippen LogP contribution is 2.23. The summed E-state index contributed by atoms with van der Waals surface area (Å²) in [5.74, 6) is -1.75. The van der Waals surface area contributed by atoms with Crippen molar-refractivity contribution in [1.29, 1.82) is 0 Å². The summed E-state index contributed by atoms with van der Waals surface area (Å²) >= 11 is 6.35. The number of benzene rings is 1. The molecule has 0 aliphatic heterocycles. The number of ether oxygens (including phenoxy) is 2. The molecule has 138 valence electrons. The topological polar surface area (TPSA) is 107 Å². The molecule has 1 aromatic rings. The molecule has 7 nitrogen and oxygen atoms in total. The van der Waals surface area contributed by atoms with Gasteiger partial charge in [-0.25, -0.2) is 4.79 Å². The van der Waals surface area contributed by atoms with Gasteiger partial charge < -0.3 is 9.47 Å². The molecule has 0 aromatic heterocycles. The molecule has 1 rings (SSSR count). The Labute approximate surface area is 186 Å². The molecule has 0 radical (unpaired) electrons. The zero-order valence-corrected chi connectivity index (χ0v) is 19.9. The van der Waals surface area contributed by atoms with Crippen LogP contribution in [0.1, 0.15) is 16.8 Å². The molecule has 0 spiro atoms. The maximum Gasteiger partial charge on any atom is 0.339 e. The lowest BCUT2D eigenvalue weighted by molar-refractivity contribution is -0.141. The van der Waals surface area contributed by atoms with Gasteiger partial charge in [0.05, 0.1) is 12.0 Å². The van der Waals surface area contributed by atoms with E-state index in [1.54, 1.807) is 6.07 Å². The molecule has 0 bridgehead atoms. The van der Waals surface area contributed by atoms with Gasteiger partial charge in [0, 0.05) is 10.7 Å². The van der Waals surface area contributed by atoms with Gasteiger partial charge in [0.15, 0.2) is 0 Å². The molecule has 0 saturated carbocycles. The first kappa shape index (κ1) is 23.0. The molecule has 0 unspecified atom stereocenters. The zero-order valence-electron chi connectivity index (χ0n) is 12.6. The summed E-state index contributed by atoms with van der Waals surface area (Å²) in [6.45, 7) is -0.417. The third-order valence-electron chi connectivity index (χ3n) is 2.58. The highest BCUT2D eigenvalue weighted by Gasteiger charge is 2.14. The molecule has 11 heteroatoms. The summed E-state index contributed by atoms with van der Waals surface area (Å²) in [4.78, 5) is 23.4. The molecule has 0 atom stereocenters. The maximum atomic E-state index is 12.1. The third-order valence-corrected chi connectivity index (χ3v) is 6.93. The molecular weight excluding hydrogens is 693 g/mol. The van der Waals surface area contributed by atoms with E-state index < -0.39 is 34.4 Å². The molecule has 0 aliphatic carbocycles. The van der Waals surface area contributed by atoms with Gasteiger partial charge in [-0.2, -0.15) is 8.42 Å². The van der Waals surface area contributed by atoms with Crippen molar-refractivity contribution < 1.29 is 32.0 Å². The van der Waals surface area contributed by atoms with E-state index in [1.165, 1.54) is 12.2 Å². The fourth-order valence-corrected chi connectivity index (χ4v) is 4.14. The summed E-state index contributed by atoms with van der Waals surface area (Å²) in [7, 11) is -4.15. The van der Waals surface area contributed by atoms with Crippen LogP contribution in [0.25, 0.3) is 0 Å². The van der Waals surface area contributed by atoms with Crippen molar-refractivity contribution in [3.63, 3.8) is 0 Å².